The molecule has 14 nitrogen and oxygen atoms in total. The second-order valence-corrected chi connectivity index (χ2v) is 20.2. The van der Waals surface area contributed by atoms with Gasteiger partial charge in [-0.15, -0.1) is 0 Å². The van der Waals surface area contributed by atoms with E-state index in [0.29, 0.717) is 31.4 Å². The summed E-state index contributed by atoms with van der Waals surface area (Å²) in [6.07, 6.45) is 1.41. The van der Waals surface area contributed by atoms with Gasteiger partial charge >= 0.3 is 6.18 Å². The Morgan fingerprint density at radius 1 is 1.07 bits per heavy atom. The van der Waals surface area contributed by atoms with Gasteiger partial charge in [-0.05, 0) is 91.8 Å². The fourth-order valence-corrected chi connectivity index (χ4v) is 10.5. The summed E-state index contributed by atoms with van der Waals surface area (Å²) in [5.41, 5.74) is 8.38. The number of amides is 4. The number of fused-ring (bicyclic) bond motifs is 6. The Morgan fingerprint density at radius 3 is 2.41 bits per heavy atom. The Morgan fingerprint density at radius 2 is 1.79 bits per heavy atom. The molecule has 6 rings (SSSR count). The number of hydrazine groups is 1. The van der Waals surface area contributed by atoms with E-state index in [9.17, 15) is 37.1 Å². The second kappa shape index (κ2) is 22.2. The number of carbonyl (C=O) groups excluding carboxylic acids is 5. The number of hydrogen-bond donors (Lipinski definition) is 2. The van der Waals surface area contributed by atoms with Crippen LogP contribution in [0.15, 0.2) is 78.5 Å². The molecule has 3 aromatic rings. The number of rotatable bonds is 13. The van der Waals surface area contributed by atoms with E-state index < -0.39 is 83.7 Å². The van der Waals surface area contributed by atoms with Crippen molar-refractivity contribution >= 4 is 52.6 Å². The van der Waals surface area contributed by atoms with Crippen molar-refractivity contribution in [3.05, 3.63) is 90.3 Å². The summed E-state index contributed by atoms with van der Waals surface area (Å²) in [6.45, 7) is 20.9. The average Bonchev–Trinajstić information content (AvgIpc) is 3.92. The molecule has 71 heavy (non-hydrogen) atoms. The summed E-state index contributed by atoms with van der Waals surface area (Å²) < 4.78 is 57.8. The van der Waals surface area contributed by atoms with Crippen LogP contribution < -0.4 is 10.7 Å². The minimum atomic E-state index is -4.81. The molecule has 2 saturated heterocycles. The van der Waals surface area contributed by atoms with Gasteiger partial charge in [0.25, 0.3) is 5.91 Å². The van der Waals surface area contributed by atoms with Crippen LogP contribution in [0.5, 0.6) is 0 Å². The predicted molar refractivity (Wildman–Crippen MR) is 269 cm³/mol. The molecule has 3 aliphatic heterocycles. The van der Waals surface area contributed by atoms with Crippen molar-refractivity contribution in [3.63, 3.8) is 0 Å². The molecule has 3 aliphatic rings. The topological polar surface area (TPSA) is 155 Å². The fraction of sp³-hybridized carbons (Fsp3) is 0.519. The lowest BCUT2D eigenvalue weighted by Crippen LogP contribution is -2.66. The summed E-state index contributed by atoms with van der Waals surface area (Å²) in [6, 6.07) is 11.4. The van der Waals surface area contributed by atoms with E-state index in [1.807, 2.05) is 44.2 Å². The molecule has 6 bridgehead atoms. The molecular formula is C54H70F3N7O7. The van der Waals surface area contributed by atoms with Crippen LogP contribution in [0.25, 0.3) is 27.6 Å². The van der Waals surface area contributed by atoms with Gasteiger partial charge in [-0.25, -0.2) is 5.43 Å². The number of alkyl halides is 3. The lowest BCUT2D eigenvalue weighted by atomic mass is 9.83. The smallest absolute Gasteiger partial charge is 0.378 e. The zero-order chi connectivity index (χ0) is 52.2. The number of methoxy groups -OCH3 is 1. The van der Waals surface area contributed by atoms with Crippen LogP contribution in [0.3, 0.4) is 0 Å². The van der Waals surface area contributed by atoms with Crippen LogP contribution in [-0.4, -0.2) is 132 Å². The Balaban J connectivity index is 1.46. The van der Waals surface area contributed by atoms with E-state index in [-0.39, 0.29) is 32.3 Å². The molecule has 384 valence electrons. The highest BCUT2D eigenvalue weighted by molar-refractivity contribution is 5.96. The second-order valence-electron chi connectivity index (χ2n) is 20.2. The molecule has 0 radical (unpaired) electrons. The molecule has 6 atom stereocenters. The number of hydrogen-bond acceptors (Lipinski definition) is 9. The van der Waals surface area contributed by atoms with Crippen LogP contribution in [-0.2, 0) is 52.8 Å². The highest BCUT2D eigenvalue weighted by Crippen LogP contribution is 2.41. The number of aromatic nitrogens is 1. The van der Waals surface area contributed by atoms with E-state index in [1.54, 1.807) is 27.2 Å². The number of halogens is 3. The van der Waals surface area contributed by atoms with E-state index >= 15 is 0 Å². The quantitative estimate of drug-likeness (QED) is 0.0781. The average molecular weight is 986 g/mol. The van der Waals surface area contributed by atoms with Crippen LogP contribution in [0, 0.1) is 23.2 Å². The van der Waals surface area contributed by atoms with Crippen molar-refractivity contribution in [1.82, 2.24) is 30.1 Å². The first-order chi connectivity index (χ1) is 33.6. The molecule has 17 heteroatoms. The number of aliphatic imine (C=N–C) groups is 1. The lowest BCUT2D eigenvalue weighted by molar-refractivity contribution is -0.186. The molecule has 2 fully saturated rings. The molecule has 4 amide bonds. The maximum Gasteiger partial charge on any atom is 0.394 e. The fourth-order valence-electron chi connectivity index (χ4n) is 10.5. The van der Waals surface area contributed by atoms with Crippen molar-refractivity contribution < 1.29 is 46.6 Å². The van der Waals surface area contributed by atoms with Gasteiger partial charge in [0.1, 0.15) is 23.9 Å². The van der Waals surface area contributed by atoms with Crippen molar-refractivity contribution in [2.75, 3.05) is 47.0 Å². The maximum atomic E-state index is 14.9. The summed E-state index contributed by atoms with van der Waals surface area (Å²) >= 11 is 0. The highest BCUT2D eigenvalue weighted by Gasteiger charge is 2.54. The number of nitrogens with one attached hydrogen (secondary N) is 2. The molecule has 0 aliphatic carbocycles. The van der Waals surface area contributed by atoms with Gasteiger partial charge in [-0.1, -0.05) is 77.3 Å². The molecule has 4 heterocycles. The van der Waals surface area contributed by atoms with Crippen molar-refractivity contribution in [1.29, 1.82) is 0 Å². The first-order valence-corrected chi connectivity index (χ1v) is 24.4. The summed E-state index contributed by atoms with van der Waals surface area (Å²) in [5.74, 6) is -7.46. The minimum absolute atomic E-state index is 0.0228. The van der Waals surface area contributed by atoms with Gasteiger partial charge in [-0.3, -0.25) is 29.2 Å². The van der Waals surface area contributed by atoms with Crippen LogP contribution in [0.2, 0.25) is 0 Å². The summed E-state index contributed by atoms with van der Waals surface area (Å²) in [4.78, 5) is 75.9. The largest absolute Gasteiger partial charge is 0.394 e. The normalized spacial score (nSPS) is 23.2. The van der Waals surface area contributed by atoms with E-state index in [1.165, 1.54) is 12.1 Å². The Kier molecular flexibility index (Phi) is 17.1. The molecule has 0 spiro atoms. The van der Waals surface area contributed by atoms with E-state index in [4.69, 9.17) is 14.5 Å². The SMILES string of the molecule is C=CC(=O)N1C[C@@H](C(=O)N(C)[C@H](C(=O)N[C@H]2Cc3cccc(c3)-c3ccc4c(c3)c(c(/C(C=C)=C(/N=CC)[C@H](C)OC)n4CC)CC(C)(C)COC[C@@]3(C=O)CCCN(N3)C2=O)C(C)C)[C@@H](C(F)(F)F)C1. The molecule has 0 unspecified atom stereocenters. The predicted octanol–water partition coefficient (Wildman–Crippen LogP) is 7.35. The Hall–Kier alpha value is -5.91. The van der Waals surface area contributed by atoms with Crippen LogP contribution in [0.4, 0.5) is 13.2 Å². The number of nitrogens with zero attached hydrogens (tertiary/aromatic N) is 5. The van der Waals surface area contributed by atoms with Gasteiger partial charge in [0, 0.05) is 69.4 Å². The minimum Gasteiger partial charge on any atom is -0.378 e. The van der Waals surface area contributed by atoms with Gasteiger partial charge in [-0.2, -0.15) is 13.2 Å². The summed E-state index contributed by atoms with van der Waals surface area (Å²) in [5, 5.41) is 5.24. The number of aldehydes is 1. The molecule has 2 N–H and O–H groups in total. The maximum absolute atomic E-state index is 14.9. The molecular weight excluding hydrogens is 916 g/mol. The van der Waals surface area contributed by atoms with Crippen LogP contribution >= 0.6 is 0 Å². The number of likely N-dealkylation sites (tertiary alicyclic amines) is 1. The molecule has 2 aromatic carbocycles. The number of benzene rings is 2. The van der Waals surface area contributed by atoms with Gasteiger partial charge in [0.2, 0.25) is 17.7 Å². The Labute approximate surface area is 415 Å². The number of carbonyl (C=O) groups is 5. The molecule has 0 saturated carbocycles. The monoisotopic (exact) mass is 986 g/mol. The van der Waals surface area contributed by atoms with Crippen LogP contribution in [0.1, 0.15) is 78.1 Å². The van der Waals surface area contributed by atoms with Gasteiger partial charge in [0.05, 0.1) is 42.5 Å². The van der Waals surface area contributed by atoms with Gasteiger partial charge < -0.3 is 34.0 Å². The highest BCUT2D eigenvalue weighted by atomic mass is 19.4. The van der Waals surface area contributed by atoms with Crippen molar-refractivity contribution in [2.24, 2.45) is 28.2 Å². The standard InChI is InChI=1S/C54H70F3N7O7/c1-12-38(46(58-14-3)34(7)70-11)48-40-27-52(8,9)31-71-32-53(30-65)22-17-23-64(60-53)51(69)43(25-35-18-16-19-36(24-35)37-20-21-44(39(40)26-37)63(48)15-4)59-49(67)47(33(5)6)61(10)50(68)41-28-62(45(66)13-2)29-42(41)54(55,56)57/h12-14,16,18-21,24,26,30,33-34,41-43,47,60H,1-2,15,17,22-23,25,27-29,31-32H2,3-11H3,(H,59,67)/b46-38+,58-14?/t34-,41+,42-,43-,47-,53-/m0/s1. The number of aryl methyl sites for hydroxylation is 1. The van der Waals surface area contributed by atoms with Crippen molar-refractivity contribution in [3.8, 4) is 11.1 Å². The molecule has 1 aromatic heterocycles. The summed E-state index contributed by atoms with van der Waals surface area (Å²) in [7, 11) is 2.92. The van der Waals surface area contributed by atoms with Gasteiger partial charge in [0.15, 0.2) is 0 Å². The first kappa shape index (κ1) is 54.4. The van der Waals surface area contributed by atoms with Crippen molar-refractivity contribution in [2.45, 2.75) is 111 Å². The number of allylic oxidation sites excluding steroid dienone is 2. The third-order valence-electron chi connectivity index (χ3n) is 14.1. The lowest BCUT2D eigenvalue weighted by Gasteiger charge is -2.42. The third-order valence-corrected chi connectivity index (χ3v) is 14.1. The Bertz CT molecular complexity index is 2580. The number of ether oxygens (including phenoxy) is 2. The third kappa shape index (κ3) is 11.6. The first-order valence-electron chi connectivity index (χ1n) is 24.4. The zero-order valence-electron chi connectivity index (χ0n) is 42.5. The number of likely N-dealkylation sites (N-methyl/N-ethyl adjacent to an activating group) is 1. The van der Waals surface area contributed by atoms with E-state index in [2.05, 4.69) is 67.4 Å². The zero-order valence-corrected chi connectivity index (χ0v) is 42.5. The van der Waals surface area contributed by atoms with E-state index in [0.717, 1.165) is 66.7 Å².